The minimum absolute atomic E-state index is 1.07. The van der Waals surface area contributed by atoms with Crippen LogP contribution in [0.4, 0.5) is 0 Å². The van der Waals surface area contributed by atoms with Gasteiger partial charge in [0, 0.05) is 6.54 Å². The summed E-state index contributed by atoms with van der Waals surface area (Å²) in [6.07, 6.45) is 5.63. The van der Waals surface area contributed by atoms with Gasteiger partial charge in [-0.25, -0.2) is 0 Å². The van der Waals surface area contributed by atoms with Crippen LogP contribution in [0, 0.1) is 11.5 Å². The van der Waals surface area contributed by atoms with E-state index in [1.807, 2.05) is 6.20 Å². The Bertz CT molecular complexity index is 415. The highest BCUT2D eigenvalue weighted by atomic mass is 28.3. The largest absolute Gasteiger partial charge is 0.268 e. The molecule has 3 heteroatoms. The van der Waals surface area contributed by atoms with Gasteiger partial charge in [-0.05, 0) is 19.3 Å². The summed E-state index contributed by atoms with van der Waals surface area (Å²) in [5.74, 6) is 3.32. The zero-order valence-corrected chi connectivity index (χ0v) is 10.8. The van der Waals surface area contributed by atoms with Gasteiger partial charge in [0.2, 0.25) is 0 Å². The van der Waals surface area contributed by atoms with Crippen LogP contribution in [0.15, 0.2) is 6.20 Å². The monoisotopic (exact) mass is 218 g/mol. The fourth-order valence-corrected chi connectivity index (χ4v) is 2.29. The molecule has 2 nitrogen and oxygen atoms in total. The van der Waals surface area contributed by atoms with Crippen molar-refractivity contribution in [1.82, 2.24) is 9.78 Å². The molecule has 1 aliphatic heterocycles. The van der Waals surface area contributed by atoms with Crippen molar-refractivity contribution in [1.29, 1.82) is 0 Å². The summed E-state index contributed by atoms with van der Waals surface area (Å²) in [5, 5.41) is 4.39. The van der Waals surface area contributed by atoms with E-state index in [0.29, 0.717) is 0 Å². The predicted molar refractivity (Wildman–Crippen MR) is 65.4 cm³/mol. The summed E-state index contributed by atoms with van der Waals surface area (Å²) in [7, 11) is -1.26. The van der Waals surface area contributed by atoms with Crippen LogP contribution in [0.25, 0.3) is 0 Å². The molecule has 2 heterocycles. The molecule has 0 radical (unpaired) electrons. The maximum absolute atomic E-state index is 4.39. The fraction of sp³-hybridized carbons (Fsp3) is 0.583. The van der Waals surface area contributed by atoms with Crippen LogP contribution in [-0.2, 0) is 13.0 Å². The van der Waals surface area contributed by atoms with Crippen molar-refractivity contribution in [3.63, 3.8) is 0 Å². The first-order chi connectivity index (χ1) is 7.06. The molecule has 0 saturated carbocycles. The van der Waals surface area contributed by atoms with Crippen LogP contribution >= 0.6 is 0 Å². The van der Waals surface area contributed by atoms with Crippen LogP contribution in [0.1, 0.15) is 24.1 Å². The van der Waals surface area contributed by atoms with Gasteiger partial charge in [0.1, 0.15) is 8.07 Å². The van der Waals surface area contributed by atoms with E-state index in [9.17, 15) is 0 Å². The van der Waals surface area contributed by atoms with E-state index in [2.05, 4.69) is 40.9 Å². The van der Waals surface area contributed by atoms with Gasteiger partial charge in [-0.3, -0.25) is 4.68 Å². The van der Waals surface area contributed by atoms with E-state index >= 15 is 0 Å². The third kappa shape index (κ3) is 2.51. The van der Waals surface area contributed by atoms with Crippen molar-refractivity contribution >= 4 is 8.07 Å². The highest BCUT2D eigenvalue weighted by Crippen LogP contribution is 2.17. The summed E-state index contributed by atoms with van der Waals surface area (Å²) >= 11 is 0. The summed E-state index contributed by atoms with van der Waals surface area (Å²) in [6, 6.07) is 0. The second-order valence-corrected chi connectivity index (χ2v) is 9.94. The Kier molecular flexibility index (Phi) is 2.70. The SMILES string of the molecule is C[Si](C)(C)C#Cc1cnn2c1CCCC2. The number of nitrogens with zero attached hydrogens (tertiary/aromatic N) is 2. The lowest BCUT2D eigenvalue weighted by molar-refractivity contribution is 0.486. The number of hydrogen-bond acceptors (Lipinski definition) is 1. The first kappa shape index (κ1) is 10.5. The normalized spacial score (nSPS) is 15.4. The minimum Gasteiger partial charge on any atom is -0.268 e. The molecule has 0 unspecified atom stereocenters. The van der Waals surface area contributed by atoms with Crippen molar-refractivity contribution < 1.29 is 0 Å². The second-order valence-electron chi connectivity index (χ2n) is 5.19. The number of rotatable bonds is 0. The van der Waals surface area contributed by atoms with E-state index in [4.69, 9.17) is 0 Å². The van der Waals surface area contributed by atoms with Gasteiger partial charge in [0.15, 0.2) is 0 Å². The maximum atomic E-state index is 4.39. The van der Waals surface area contributed by atoms with E-state index in [1.165, 1.54) is 18.5 Å². The number of fused-ring (bicyclic) bond motifs is 1. The molecule has 1 aliphatic rings. The highest BCUT2D eigenvalue weighted by Gasteiger charge is 2.14. The quantitative estimate of drug-likeness (QED) is 0.483. The van der Waals surface area contributed by atoms with Crippen LogP contribution in [0.2, 0.25) is 19.6 Å². The maximum Gasteiger partial charge on any atom is 0.129 e. The molecule has 1 aromatic heterocycles. The van der Waals surface area contributed by atoms with E-state index in [1.54, 1.807) is 0 Å². The standard InChI is InChI=1S/C12H18N2Si/c1-15(2,3)9-7-11-10-13-14-8-5-4-6-12(11)14/h10H,4-6,8H2,1-3H3. The molecule has 0 fully saturated rings. The molecule has 0 amide bonds. The lowest BCUT2D eigenvalue weighted by atomic mass is 10.1. The van der Waals surface area contributed by atoms with Gasteiger partial charge in [-0.15, -0.1) is 5.54 Å². The van der Waals surface area contributed by atoms with Gasteiger partial charge in [-0.1, -0.05) is 25.6 Å². The van der Waals surface area contributed by atoms with Crippen LogP contribution in [0.5, 0.6) is 0 Å². The molecule has 0 aromatic carbocycles. The molecule has 0 atom stereocenters. The Labute approximate surface area is 92.7 Å². The molecule has 1 aromatic rings. The third-order valence-electron chi connectivity index (χ3n) is 2.55. The Morgan fingerprint density at radius 2 is 2.13 bits per heavy atom. The highest BCUT2D eigenvalue weighted by molar-refractivity contribution is 6.83. The number of hydrogen-bond donors (Lipinski definition) is 0. The zero-order valence-electron chi connectivity index (χ0n) is 9.80. The third-order valence-corrected chi connectivity index (χ3v) is 3.43. The van der Waals surface area contributed by atoms with E-state index in [0.717, 1.165) is 18.5 Å². The average molecular weight is 218 g/mol. The van der Waals surface area contributed by atoms with Crippen LogP contribution in [0.3, 0.4) is 0 Å². The Morgan fingerprint density at radius 3 is 2.87 bits per heavy atom. The van der Waals surface area contributed by atoms with Crippen LogP contribution < -0.4 is 0 Å². The van der Waals surface area contributed by atoms with Gasteiger partial charge >= 0.3 is 0 Å². The van der Waals surface area contributed by atoms with Crippen molar-refractivity contribution in [2.75, 3.05) is 0 Å². The van der Waals surface area contributed by atoms with Crippen molar-refractivity contribution in [3.8, 4) is 11.5 Å². The van der Waals surface area contributed by atoms with Crippen molar-refractivity contribution in [3.05, 3.63) is 17.5 Å². The summed E-state index contributed by atoms with van der Waals surface area (Å²) < 4.78 is 2.12. The molecule has 2 rings (SSSR count). The van der Waals surface area contributed by atoms with Gasteiger partial charge in [0.25, 0.3) is 0 Å². The summed E-state index contributed by atoms with van der Waals surface area (Å²) in [4.78, 5) is 0. The summed E-state index contributed by atoms with van der Waals surface area (Å²) in [6.45, 7) is 7.89. The molecule has 0 saturated heterocycles. The van der Waals surface area contributed by atoms with Crippen LogP contribution in [-0.4, -0.2) is 17.9 Å². The first-order valence-electron chi connectivity index (χ1n) is 5.64. The zero-order chi connectivity index (χ0) is 10.9. The topological polar surface area (TPSA) is 17.8 Å². The van der Waals surface area contributed by atoms with Gasteiger partial charge in [-0.2, -0.15) is 5.10 Å². The molecular formula is C12H18N2Si. The van der Waals surface area contributed by atoms with E-state index in [-0.39, 0.29) is 0 Å². The van der Waals surface area contributed by atoms with Gasteiger partial charge < -0.3 is 0 Å². The summed E-state index contributed by atoms with van der Waals surface area (Å²) in [5.41, 5.74) is 5.93. The average Bonchev–Trinajstić information content (AvgIpc) is 2.57. The second kappa shape index (κ2) is 3.86. The van der Waals surface area contributed by atoms with Crippen molar-refractivity contribution in [2.24, 2.45) is 0 Å². The number of aromatic nitrogens is 2. The Hall–Kier alpha value is -1.01. The van der Waals surface area contributed by atoms with E-state index < -0.39 is 8.07 Å². The minimum atomic E-state index is -1.26. The molecule has 0 N–H and O–H groups in total. The fourth-order valence-electron chi connectivity index (χ4n) is 1.78. The molecule has 0 bridgehead atoms. The lowest BCUT2D eigenvalue weighted by Crippen LogP contribution is -2.16. The lowest BCUT2D eigenvalue weighted by Gasteiger charge is -2.13. The van der Waals surface area contributed by atoms with Gasteiger partial charge in [0.05, 0.1) is 17.5 Å². The molecule has 80 valence electrons. The first-order valence-corrected chi connectivity index (χ1v) is 9.14. The molecular weight excluding hydrogens is 200 g/mol. The molecule has 0 aliphatic carbocycles. The molecule has 15 heavy (non-hydrogen) atoms. The molecule has 0 spiro atoms. The van der Waals surface area contributed by atoms with Crippen molar-refractivity contribution in [2.45, 2.75) is 45.4 Å². The smallest absolute Gasteiger partial charge is 0.129 e. The number of aryl methyl sites for hydroxylation is 1. The Balaban J connectivity index is 2.29. The Morgan fingerprint density at radius 1 is 1.33 bits per heavy atom. The predicted octanol–water partition coefficient (Wildman–Crippen LogP) is 2.45.